The zero-order valence-corrected chi connectivity index (χ0v) is 14.6. The first-order valence-electron chi connectivity index (χ1n) is 8.87. The molecule has 4 rings (SSSR count). The van der Waals surface area contributed by atoms with E-state index in [2.05, 4.69) is 24.0 Å². The Labute approximate surface area is 146 Å². The van der Waals surface area contributed by atoms with Gasteiger partial charge >= 0.3 is 0 Å². The van der Waals surface area contributed by atoms with Crippen molar-refractivity contribution in [1.82, 2.24) is 9.55 Å². The van der Waals surface area contributed by atoms with Gasteiger partial charge in [-0.05, 0) is 38.8 Å². The Balaban J connectivity index is 1.71. The van der Waals surface area contributed by atoms with E-state index < -0.39 is 5.91 Å². The van der Waals surface area contributed by atoms with E-state index in [4.69, 9.17) is 15.2 Å². The van der Waals surface area contributed by atoms with E-state index in [-0.39, 0.29) is 6.10 Å². The third-order valence-electron chi connectivity index (χ3n) is 4.72. The third-order valence-corrected chi connectivity index (χ3v) is 4.72. The molecular weight excluding hydrogens is 318 g/mol. The molecule has 2 heterocycles. The van der Waals surface area contributed by atoms with E-state index in [0.29, 0.717) is 24.8 Å². The highest BCUT2D eigenvalue weighted by Gasteiger charge is 2.30. The fraction of sp³-hybridized carbons (Fsp3) is 0.474. The molecular formula is C19H23N3O3. The van der Waals surface area contributed by atoms with E-state index in [0.717, 1.165) is 42.1 Å². The molecule has 2 aliphatic rings. The van der Waals surface area contributed by atoms with Crippen LogP contribution < -0.4 is 15.2 Å². The van der Waals surface area contributed by atoms with Gasteiger partial charge in [-0.1, -0.05) is 0 Å². The van der Waals surface area contributed by atoms with Crippen LogP contribution in [0, 0.1) is 0 Å². The van der Waals surface area contributed by atoms with Gasteiger partial charge in [-0.15, -0.1) is 0 Å². The lowest BCUT2D eigenvalue weighted by Gasteiger charge is -2.14. The Kier molecular flexibility index (Phi) is 3.90. The van der Waals surface area contributed by atoms with Crippen molar-refractivity contribution in [3.63, 3.8) is 0 Å². The summed E-state index contributed by atoms with van der Waals surface area (Å²) in [6.07, 6.45) is 5.07. The molecule has 6 nitrogen and oxygen atoms in total. The van der Waals surface area contributed by atoms with E-state index >= 15 is 0 Å². The van der Waals surface area contributed by atoms with E-state index in [1.165, 1.54) is 5.56 Å². The maximum atomic E-state index is 11.5. The molecule has 132 valence electrons. The van der Waals surface area contributed by atoms with Crippen LogP contribution in [-0.4, -0.2) is 28.2 Å². The number of hydrogen-bond donors (Lipinski definition) is 1. The quantitative estimate of drug-likeness (QED) is 0.876. The SMILES string of the molecule is CCOc1cc2c(cc1Cn1cc(C(N)=O)nc1C1CC1)O[C@H](C)C2. The molecule has 0 radical (unpaired) electrons. The predicted molar refractivity (Wildman–Crippen MR) is 93.2 cm³/mol. The summed E-state index contributed by atoms with van der Waals surface area (Å²) in [6, 6.07) is 4.14. The van der Waals surface area contributed by atoms with Crippen molar-refractivity contribution in [3.05, 3.63) is 41.0 Å². The Morgan fingerprint density at radius 3 is 2.92 bits per heavy atom. The first-order valence-corrected chi connectivity index (χ1v) is 8.87. The molecule has 0 spiro atoms. The number of imidazole rings is 1. The van der Waals surface area contributed by atoms with Gasteiger partial charge < -0.3 is 19.8 Å². The number of ether oxygens (including phenoxy) is 2. The molecule has 2 aromatic rings. The Morgan fingerprint density at radius 1 is 1.44 bits per heavy atom. The van der Waals surface area contributed by atoms with E-state index in [9.17, 15) is 4.79 Å². The summed E-state index contributed by atoms with van der Waals surface area (Å²) in [5.74, 6) is 2.67. The molecule has 1 aliphatic heterocycles. The molecule has 1 atom stereocenters. The number of amides is 1. The number of nitrogens with zero attached hydrogens (tertiary/aromatic N) is 2. The van der Waals surface area contributed by atoms with Gasteiger partial charge in [0.1, 0.15) is 29.1 Å². The van der Waals surface area contributed by atoms with Gasteiger partial charge in [-0.2, -0.15) is 0 Å². The summed E-state index contributed by atoms with van der Waals surface area (Å²) in [7, 11) is 0. The highest BCUT2D eigenvalue weighted by Crippen LogP contribution is 2.40. The van der Waals surface area contributed by atoms with Crippen LogP contribution in [0.2, 0.25) is 0 Å². The molecule has 0 bridgehead atoms. The second-order valence-electron chi connectivity index (χ2n) is 6.88. The summed E-state index contributed by atoms with van der Waals surface area (Å²) >= 11 is 0. The molecule has 1 saturated carbocycles. The van der Waals surface area contributed by atoms with Gasteiger partial charge in [0.15, 0.2) is 0 Å². The van der Waals surface area contributed by atoms with Gasteiger partial charge in [-0.3, -0.25) is 4.79 Å². The Bertz CT molecular complexity index is 824. The van der Waals surface area contributed by atoms with Gasteiger partial charge in [0.2, 0.25) is 0 Å². The monoisotopic (exact) mass is 341 g/mol. The molecule has 1 fully saturated rings. The van der Waals surface area contributed by atoms with Crippen molar-refractivity contribution in [2.45, 2.75) is 51.7 Å². The minimum absolute atomic E-state index is 0.191. The smallest absolute Gasteiger partial charge is 0.268 e. The molecule has 25 heavy (non-hydrogen) atoms. The number of carbonyl (C=O) groups excluding carboxylic acids is 1. The van der Waals surface area contributed by atoms with E-state index in [1.54, 1.807) is 6.20 Å². The predicted octanol–water partition coefficient (Wildman–Crippen LogP) is 2.63. The average Bonchev–Trinajstić information content (AvgIpc) is 3.21. The van der Waals surface area contributed by atoms with Crippen LogP contribution in [0.15, 0.2) is 18.3 Å². The van der Waals surface area contributed by atoms with Crippen LogP contribution in [0.1, 0.15) is 60.0 Å². The highest BCUT2D eigenvalue weighted by molar-refractivity contribution is 5.90. The lowest BCUT2D eigenvalue weighted by atomic mass is 10.1. The molecule has 0 unspecified atom stereocenters. The fourth-order valence-corrected chi connectivity index (χ4v) is 3.42. The third kappa shape index (κ3) is 3.08. The maximum Gasteiger partial charge on any atom is 0.268 e. The number of hydrogen-bond acceptors (Lipinski definition) is 4. The standard InChI is InChI=1S/C19H23N3O3/c1-3-24-16-7-13-6-11(2)25-17(13)8-14(16)9-22-10-15(18(20)23)21-19(22)12-4-5-12/h7-8,10-12H,3-6,9H2,1-2H3,(H2,20,23)/t11-/m1/s1. The maximum absolute atomic E-state index is 11.5. The molecule has 2 N–H and O–H groups in total. The summed E-state index contributed by atoms with van der Waals surface area (Å²) in [5, 5.41) is 0. The van der Waals surface area contributed by atoms with Crippen molar-refractivity contribution in [1.29, 1.82) is 0 Å². The average molecular weight is 341 g/mol. The molecule has 6 heteroatoms. The molecule has 1 aliphatic carbocycles. The zero-order valence-electron chi connectivity index (χ0n) is 14.6. The van der Waals surface area contributed by atoms with Crippen LogP contribution in [0.3, 0.4) is 0 Å². The fourth-order valence-electron chi connectivity index (χ4n) is 3.42. The topological polar surface area (TPSA) is 79.4 Å². The van der Waals surface area contributed by atoms with Crippen molar-refractivity contribution in [3.8, 4) is 11.5 Å². The number of nitrogens with two attached hydrogens (primary N) is 1. The number of carbonyl (C=O) groups is 1. The first-order chi connectivity index (χ1) is 12.0. The second kappa shape index (κ2) is 6.10. The Hall–Kier alpha value is -2.50. The number of benzene rings is 1. The number of fused-ring (bicyclic) bond motifs is 1. The molecule has 1 amide bonds. The van der Waals surface area contributed by atoms with Gasteiger partial charge in [0, 0.05) is 29.7 Å². The summed E-state index contributed by atoms with van der Waals surface area (Å²) in [6.45, 7) is 5.25. The minimum Gasteiger partial charge on any atom is -0.494 e. The van der Waals surface area contributed by atoms with Gasteiger partial charge in [0.05, 0.1) is 13.2 Å². The molecule has 1 aromatic carbocycles. The van der Waals surface area contributed by atoms with Gasteiger partial charge in [-0.25, -0.2) is 4.98 Å². The number of rotatable bonds is 6. The van der Waals surface area contributed by atoms with Crippen molar-refractivity contribution >= 4 is 5.91 Å². The first kappa shape index (κ1) is 16.0. The number of primary amides is 1. The largest absolute Gasteiger partial charge is 0.494 e. The van der Waals surface area contributed by atoms with Crippen LogP contribution >= 0.6 is 0 Å². The number of aromatic nitrogens is 2. The second-order valence-corrected chi connectivity index (χ2v) is 6.88. The van der Waals surface area contributed by atoms with E-state index in [1.807, 2.05) is 11.5 Å². The van der Waals surface area contributed by atoms with Crippen molar-refractivity contribution in [2.75, 3.05) is 6.61 Å². The summed E-state index contributed by atoms with van der Waals surface area (Å²) < 4.78 is 13.8. The van der Waals surface area contributed by atoms with Crippen molar-refractivity contribution in [2.24, 2.45) is 5.73 Å². The molecule has 1 aromatic heterocycles. The van der Waals surface area contributed by atoms with Crippen LogP contribution in [0.5, 0.6) is 11.5 Å². The molecule has 0 saturated heterocycles. The summed E-state index contributed by atoms with van der Waals surface area (Å²) in [5.41, 5.74) is 7.96. The van der Waals surface area contributed by atoms with Crippen LogP contribution in [0.4, 0.5) is 0 Å². The minimum atomic E-state index is -0.489. The van der Waals surface area contributed by atoms with Crippen molar-refractivity contribution < 1.29 is 14.3 Å². The zero-order chi connectivity index (χ0) is 17.6. The lowest BCUT2D eigenvalue weighted by molar-refractivity contribution is 0.0996. The Morgan fingerprint density at radius 2 is 2.24 bits per heavy atom. The highest BCUT2D eigenvalue weighted by atomic mass is 16.5. The van der Waals surface area contributed by atoms with Crippen LogP contribution in [-0.2, 0) is 13.0 Å². The van der Waals surface area contributed by atoms with Crippen LogP contribution in [0.25, 0.3) is 0 Å². The van der Waals surface area contributed by atoms with Gasteiger partial charge in [0.25, 0.3) is 5.91 Å². The normalized spacial score (nSPS) is 18.7. The lowest BCUT2D eigenvalue weighted by Crippen LogP contribution is -2.11. The summed E-state index contributed by atoms with van der Waals surface area (Å²) in [4.78, 5) is 16.0.